The highest BCUT2D eigenvalue weighted by molar-refractivity contribution is 9.10. The molecular formula is C16H10BrF2NOS3. The van der Waals surface area contributed by atoms with Gasteiger partial charge in [-0.3, -0.25) is 0 Å². The van der Waals surface area contributed by atoms with Crippen molar-refractivity contribution in [2.24, 2.45) is 0 Å². The maximum absolute atomic E-state index is 12.3. The number of nitrogens with one attached hydrogen (secondary N) is 1. The van der Waals surface area contributed by atoms with E-state index in [0.29, 0.717) is 8.52 Å². The van der Waals surface area contributed by atoms with Crippen LogP contribution in [0.4, 0.5) is 8.78 Å². The van der Waals surface area contributed by atoms with Crippen LogP contribution in [0.25, 0.3) is 0 Å². The molecule has 3 rings (SSSR count). The van der Waals surface area contributed by atoms with Gasteiger partial charge in [0.25, 0.3) is 0 Å². The van der Waals surface area contributed by atoms with E-state index in [1.807, 2.05) is 24.3 Å². The maximum Gasteiger partial charge on any atom is 0.387 e. The van der Waals surface area contributed by atoms with E-state index < -0.39 is 12.2 Å². The number of halogens is 3. The second-order valence-corrected chi connectivity index (χ2v) is 8.23. The molecule has 0 radical (unpaired) electrons. The van der Waals surface area contributed by atoms with Crippen molar-refractivity contribution in [2.75, 3.05) is 0 Å². The molecule has 0 bridgehead atoms. The van der Waals surface area contributed by atoms with Crippen LogP contribution < -0.4 is 10.1 Å². The summed E-state index contributed by atoms with van der Waals surface area (Å²) < 4.78 is 31.2. The Morgan fingerprint density at radius 3 is 2.33 bits per heavy atom. The Kier molecular flexibility index (Phi) is 5.19. The monoisotopic (exact) mass is 445 g/mol. The SMILES string of the molecule is FC(F)Oc1ccc(C2(c3cccc(Br)c3)NC(=S)SC2=S)cc1. The molecule has 0 aliphatic carbocycles. The van der Waals surface area contributed by atoms with Crippen LogP contribution in [0.2, 0.25) is 0 Å². The van der Waals surface area contributed by atoms with Gasteiger partial charge in [0, 0.05) is 4.47 Å². The Morgan fingerprint density at radius 1 is 1.08 bits per heavy atom. The zero-order valence-electron chi connectivity index (χ0n) is 12.0. The lowest BCUT2D eigenvalue weighted by molar-refractivity contribution is -0.0498. The van der Waals surface area contributed by atoms with Gasteiger partial charge in [-0.25, -0.2) is 0 Å². The van der Waals surface area contributed by atoms with Crippen LogP contribution in [0, 0.1) is 0 Å². The average molecular weight is 446 g/mol. The number of benzene rings is 2. The lowest BCUT2D eigenvalue weighted by atomic mass is 9.84. The van der Waals surface area contributed by atoms with Crippen molar-refractivity contribution in [2.45, 2.75) is 12.2 Å². The van der Waals surface area contributed by atoms with Gasteiger partial charge >= 0.3 is 6.61 Å². The second-order valence-electron chi connectivity index (χ2n) is 4.97. The van der Waals surface area contributed by atoms with Gasteiger partial charge in [0.2, 0.25) is 0 Å². The molecule has 1 aliphatic rings. The summed E-state index contributed by atoms with van der Waals surface area (Å²) in [7, 11) is 0. The normalized spacial score (nSPS) is 20.3. The minimum Gasteiger partial charge on any atom is -0.435 e. The molecule has 0 spiro atoms. The summed E-state index contributed by atoms with van der Waals surface area (Å²) in [4.78, 5) is 0. The van der Waals surface area contributed by atoms with Crippen LogP contribution in [-0.4, -0.2) is 15.1 Å². The van der Waals surface area contributed by atoms with E-state index in [4.69, 9.17) is 24.4 Å². The highest BCUT2D eigenvalue weighted by atomic mass is 79.9. The molecule has 1 atom stereocenters. The lowest BCUT2D eigenvalue weighted by Gasteiger charge is -2.30. The van der Waals surface area contributed by atoms with Gasteiger partial charge in [-0.1, -0.05) is 76.4 Å². The third-order valence-electron chi connectivity index (χ3n) is 3.55. The largest absolute Gasteiger partial charge is 0.435 e. The number of hydrogen-bond acceptors (Lipinski definition) is 4. The zero-order chi connectivity index (χ0) is 17.3. The van der Waals surface area contributed by atoms with Crippen molar-refractivity contribution < 1.29 is 13.5 Å². The predicted molar refractivity (Wildman–Crippen MR) is 104 cm³/mol. The van der Waals surface area contributed by atoms with E-state index in [9.17, 15) is 8.78 Å². The highest BCUT2D eigenvalue weighted by Crippen LogP contribution is 2.42. The Morgan fingerprint density at radius 2 is 1.79 bits per heavy atom. The number of thiocarbonyl (C=S) groups is 2. The molecule has 24 heavy (non-hydrogen) atoms. The van der Waals surface area contributed by atoms with Crippen molar-refractivity contribution in [3.05, 3.63) is 64.1 Å². The van der Waals surface area contributed by atoms with Crippen molar-refractivity contribution in [1.82, 2.24) is 5.32 Å². The molecule has 1 aliphatic heterocycles. The first kappa shape index (κ1) is 17.7. The summed E-state index contributed by atoms with van der Waals surface area (Å²) in [6.07, 6.45) is 0. The highest BCUT2D eigenvalue weighted by Gasteiger charge is 2.45. The smallest absolute Gasteiger partial charge is 0.387 e. The van der Waals surface area contributed by atoms with Crippen LogP contribution in [0.15, 0.2) is 53.0 Å². The molecule has 8 heteroatoms. The van der Waals surface area contributed by atoms with E-state index >= 15 is 0 Å². The molecule has 1 saturated heterocycles. The Balaban J connectivity index is 2.09. The molecule has 2 nitrogen and oxygen atoms in total. The molecule has 1 fully saturated rings. The van der Waals surface area contributed by atoms with Gasteiger partial charge in [0.05, 0.1) is 4.20 Å². The van der Waals surface area contributed by atoms with Gasteiger partial charge in [-0.15, -0.1) is 0 Å². The molecule has 2 aromatic carbocycles. The summed E-state index contributed by atoms with van der Waals surface area (Å²) in [6, 6.07) is 14.2. The van der Waals surface area contributed by atoms with Gasteiger partial charge < -0.3 is 10.1 Å². The van der Waals surface area contributed by atoms with Crippen molar-refractivity contribution in [3.8, 4) is 5.75 Å². The molecule has 2 aromatic rings. The summed E-state index contributed by atoms with van der Waals surface area (Å²) in [5.41, 5.74) is 0.931. The van der Waals surface area contributed by atoms with E-state index in [0.717, 1.165) is 15.6 Å². The van der Waals surface area contributed by atoms with Crippen LogP contribution in [-0.2, 0) is 5.54 Å². The minimum absolute atomic E-state index is 0.0947. The number of alkyl halides is 2. The molecule has 124 valence electrons. The van der Waals surface area contributed by atoms with Crippen LogP contribution >= 0.6 is 52.1 Å². The predicted octanol–water partition coefficient (Wildman–Crippen LogP) is 5.24. The molecule has 0 saturated carbocycles. The molecule has 1 unspecified atom stereocenters. The molecular weight excluding hydrogens is 436 g/mol. The van der Waals surface area contributed by atoms with Gasteiger partial charge in [-0.2, -0.15) is 8.78 Å². The maximum atomic E-state index is 12.3. The van der Waals surface area contributed by atoms with E-state index in [1.165, 1.54) is 23.9 Å². The molecule has 0 amide bonds. The van der Waals surface area contributed by atoms with Gasteiger partial charge in [0.15, 0.2) is 0 Å². The Bertz CT molecular complexity index is 800. The quantitative estimate of drug-likeness (QED) is 0.647. The fraction of sp³-hybridized carbons (Fsp3) is 0.125. The standard InChI is InChI=1S/C16H10BrF2NOS3/c17-11-3-1-2-10(8-11)16(13(22)24-15(23)20-16)9-4-6-12(7-5-9)21-14(18)19/h1-8,14H,(H,20,23). The Hall–Kier alpha value is -1.09. The third kappa shape index (κ3) is 3.33. The zero-order valence-corrected chi connectivity index (χ0v) is 16.0. The van der Waals surface area contributed by atoms with Gasteiger partial charge in [-0.05, 0) is 35.4 Å². The first-order valence-electron chi connectivity index (χ1n) is 6.77. The van der Waals surface area contributed by atoms with Crippen LogP contribution in [0.3, 0.4) is 0 Å². The van der Waals surface area contributed by atoms with Gasteiger partial charge in [0.1, 0.15) is 15.6 Å². The van der Waals surface area contributed by atoms with Crippen molar-refractivity contribution in [1.29, 1.82) is 0 Å². The van der Waals surface area contributed by atoms with Crippen molar-refractivity contribution in [3.63, 3.8) is 0 Å². The lowest BCUT2D eigenvalue weighted by Crippen LogP contribution is -2.43. The van der Waals surface area contributed by atoms with E-state index in [-0.39, 0.29) is 5.75 Å². The summed E-state index contributed by atoms with van der Waals surface area (Å²) >= 11 is 15.7. The number of rotatable bonds is 4. The van der Waals surface area contributed by atoms with Crippen LogP contribution in [0.5, 0.6) is 5.75 Å². The fourth-order valence-corrected chi connectivity index (χ4v) is 4.85. The third-order valence-corrected chi connectivity index (χ3v) is 5.73. The average Bonchev–Trinajstić information content (AvgIpc) is 2.83. The summed E-state index contributed by atoms with van der Waals surface area (Å²) in [6.45, 7) is -2.86. The van der Waals surface area contributed by atoms with Crippen LogP contribution in [0.1, 0.15) is 11.1 Å². The molecule has 0 aromatic heterocycles. The minimum atomic E-state index is -2.86. The first-order valence-corrected chi connectivity index (χ1v) is 9.20. The number of thioether (sulfide) groups is 1. The fourth-order valence-electron chi connectivity index (χ4n) is 2.55. The second kappa shape index (κ2) is 7.03. The topological polar surface area (TPSA) is 21.3 Å². The van der Waals surface area contributed by atoms with E-state index in [1.54, 1.807) is 12.1 Å². The molecule has 1 N–H and O–H groups in total. The molecule has 1 heterocycles. The summed E-state index contributed by atoms with van der Waals surface area (Å²) in [5.74, 6) is 0.0947. The number of hydrogen-bond donors (Lipinski definition) is 1. The number of ether oxygens (including phenoxy) is 1. The van der Waals surface area contributed by atoms with E-state index in [2.05, 4.69) is 26.0 Å². The first-order chi connectivity index (χ1) is 11.4. The Labute approximate surface area is 161 Å². The van der Waals surface area contributed by atoms with Crippen molar-refractivity contribution >= 4 is 60.6 Å². The summed E-state index contributed by atoms with van der Waals surface area (Å²) in [5, 5.41) is 3.28.